The molecule has 0 heterocycles. The third kappa shape index (κ3) is 5.17. The number of nitro groups is 1. The molecular formula is C21H13Cl2FN2O5. The van der Waals surface area contributed by atoms with Crippen molar-refractivity contribution in [3.05, 3.63) is 104 Å². The summed E-state index contributed by atoms with van der Waals surface area (Å²) in [6.07, 6.45) is -1.48. The highest BCUT2D eigenvalue weighted by Gasteiger charge is 2.28. The number of rotatable bonds is 6. The number of non-ortho nitro benzene ring substituents is 1. The van der Waals surface area contributed by atoms with Crippen molar-refractivity contribution in [2.24, 2.45) is 0 Å². The van der Waals surface area contributed by atoms with Gasteiger partial charge in [0.1, 0.15) is 11.4 Å². The van der Waals surface area contributed by atoms with E-state index >= 15 is 0 Å². The van der Waals surface area contributed by atoms with Crippen LogP contribution in [0.15, 0.2) is 66.7 Å². The maximum Gasteiger partial charge on any atom is 0.343 e. The van der Waals surface area contributed by atoms with Crippen LogP contribution in [-0.2, 0) is 9.53 Å². The fraction of sp³-hybridized carbons (Fsp3) is 0.0476. The lowest BCUT2D eigenvalue weighted by Gasteiger charge is -2.19. The van der Waals surface area contributed by atoms with Crippen molar-refractivity contribution in [1.82, 2.24) is 0 Å². The van der Waals surface area contributed by atoms with E-state index in [0.717, 1.165) is 18.2 Å². The van der Waals surface area contributed by atoms with Gasteiger partial charge in [-0.3, -0.25) is 14.9 Å². The van der Waals surface area contributed by atoms with Gasteiger partial charge in [-0.25, -0.2) is 9.18 Å². The van der Waals surface area contributed by atoms with Crippen molar-refractivity contribution < 1.29 is 23.6 Å². The van der Waals surface area contributed by atoms with Gasteiger partial charge in [-0.2, -0.15) is 0 Å². The molecule has 3 aromatic carbocycles. The second-order valence-corrected chi connectivity index (χ2v) is 7.02. The second-order valence-electron chi connectivity index (χ2n) is 6.20. The van der Waals surface area contributed by atoms with E-state index in [0.29, 0.717) is 5.56 Å². The Hall–Kier alpha value is -3.49. The number of ether oxygens (including phenoxy) is 1. The molecule has 0 unspecified atom stereocenters. The van der Waals surface area contributed by atoms with Crippen LogP contribution in [0.4, 0.5) is 15.8 Å². The van der Waals surface area contributed by atoms with E-state index in [2.05, 4.69) is 5.32 Å². The molecule has 158 valence electrons. The topological polar surface area (TPSA) is 98.5 Å². The Morgan fingerprint density at radius 3 is 2.32 bits per heavy atom. The Bertz CT molecular complexity index is 1140. The molecule has 7 nitrogen and oxygen atoms in total. The predicted octanol–water partition coefficient (Wildman–Crippen LogP) is 5.58. The van der Waals surface area contributed by atoms with E-state index in [1.807, 2.05) is 0 Å². The fourth-order valence-corrected chi connectivity index (χ4v) is 3.14. The fourth-order valence-electron chi connectivity index (χ4n) is 2.68. The lowest BCUT2D eigenvalue weighted by molar-refractivity contribution is -0.384. The zero-order valence-electron chi connectivity index (χ0n) is 15.6. The highest BCUT2D eigenvalue weighted by Crippen LogP contribution is 2.29. The number of hydrogen-bond acceptors (Lipinski definition) is 5. The van der Waals surface area contributed by atoms with Crippen LogP contribution in [-0.4, -0.2) is 16.8 Å². The molecule has 0 aliphatic rings. The smallest absolute Gasteiger partial charge is 0.343 e. The highest BCUT2D eigenvalue weighted by atomic mass is 35.5. The first kappa shape index (κ1) is 22.2. The molecule has 31 heavy (non-hydrogen) atoms. The van der Waals surface area contributed by atoms with Gasteiger partial charge in [-0.15, -0.1) is 0 Å². The number of esters is 1. The van der Waals surface area contributed by atoms with Crippen molar-refractivity contribution in [2.75, 3.05) is 5.32 Å². The maximum atomic E-state index is 14.1. The molecule has 3 aromatic rings. The maximum absolute atomic E-state index is 14.1. The van der Waals surface area contributed by atoms with Crippen molar-refractivity contribution in [3.63, 3.8) is 0 Å². The zero-order chi connectivity index (χ0) is 22.5. The van der Waals surface area contributed by atoms with Crippen LogP contribution < -0.4 is 5.32 Å². The summed E-state index contributed by atoms with van der Waals surface area (Å²) in [7, 11) is 0. The van der Waals surface area contributed by atoms with E-state index < -0.39 is 34.3 Å². The van der Waals surface area contributed by atoms with Crippen LogP contribution in [0.25, 0.3) is 0 Å². The van der Waals surface area contributed by atoms with Crippen LogP contribution >= 0.6 is 23.2 Å². The number of carbonyl (C=O) groups is 2. The Kier molecular flexibility index (Phi) is 6.84. The quantitative estimate of drug-likeness (QED) is 0.293. The normalized spacial score (nSPS) is 11.5. The third-order valence-electron chi connectivity index (χ3n) is 4.15. The molecule has 1 amide bonds. The van der Waals surface area contributed by atoms with Gasteiger partial charge in [0.2, 0.25) is 6.10 Å². The molecule has 0 bridgehead atoms. The summed E-state index contributed by atoms with van der Waals surface area (Å²) in [6, 6.07) is 15.2. The highest BCUT2D eigenvalue weighted by molar-refractivity contribution is 6.34. The van der Waals surface area contributed by atoms with Crippen LogP contribution in [0.1, 0.15) is 22.0 Å². The molecular weight excluding hydrogens is 450 g/mol. The molecule has 3 rings (SSSR count). The van der Waals surface area contributed by atoms with Gasteiger partial charge in [0.05, 0.1) is 20.7 Å². The second kappa shape index (κ2) is 9.55. The number of nitro benzene ring substituents is 1. The first-order valence-corrected chi connectivity index (χ1v) is 9.48. The van der Waals surface area contributed by atoms with Gasteiger partial charge >= 0.3 is 5.97 Å². The number of amides is 1. The third-order valence-corrected chi connectivity index (χ3v) is 4.78. The average Bonchev–Trinajstić information content (AvgIpc) is 2.73. The van der Waals surface area contributed by atoms with Gasteiger partial charge in [0.25, 0.3) is 11.6 Å². The van der Waals surface area contributed by atoms with Crippen molar-refractivity contribution >= 4 is 46.5 Å². The van der Waals surface area contributed by atoms with Gasteiger partial charge in [0.15, 0.2) is 0 Å². The lowest BCUT2D eigenvalue weighted by atomic mass is 10.1. The Morgan fingerprint density at radius 2 is 1.71 bits per heavy atom. The summed E-state index contributed by atoms with van der Waals surface area (Å²) < 4.78 is 19.4. The molecule has 10 heteroatoms. The number of halogens is 3. The summed E-state index contributed by atoms with van der Waals surface area (Å²) in [5, 5.41) is 13.1. The largest absolute Gasteiger partial charge is 0.444 e. The standard InChI is InChI=1S/C21H13Cl2FN2O5/c22-14-7-4-8-16(24)18(14)21(28)31-19(12-5-2-1-3-6-12)20(27)25-17-10-9-13(26(29)30)11-15(17)23/h1-11,19H,(H,25,27)/t19-/m1/s1. The van der Waals surface area contributed by atoms with Gasteiger partial charge in [-0.1, -0.05) is 59.6 Å². The van der Waals surface area contributed by atoms with Crippen molar-refractivity contribution in [3.8, 4) is 0 Å². The summed E-state index contributed by atoms with van der Waals surface area (Å²) in [6.45, 7) is 0. The number of anilines is 1. The molecule has 0 aliphatic carbocycles. The SMILES string of the molecule is O=C(O[C@@H](C(=O)Nc1ccc([N+](=O)[O-])cc1Cl)c1ccccc1)c1c(F)cccc1Cl. The number of benzene rings is 3. The Balaban J connectivity index is 1.90. The summed E-state index contributed by atoms with van der Waals surface area (Å²) >= 11 is 11.9. The molecule has 1 atom stereocenters. The van der Waals surface area contributed by atoms with Gasteiger partial charge in [0, 0.05) is 17.7 Å². The average molecular weight is 463 g/mol. The Morgan fingerprint density at radius 1 is 1.00 bits per heavy atom. The molecule has 0 fully saturated rings. The van der Waals surface area contributed by atoms with E-state index in [4.69, 9.17) is 27.9 Å². The monoisotopic (exact) mass is 462 g/mol. The molecule has 0 radical (unpaired) electrons. The van der Waals surface area contributed by atoms with Gasteiger partial charge < -0.3 is 10.1 Å². The number of hydrogen-bond donors (Lipinski definition) is 1. The van der Waals surface area contributed by atoms with Crippen LogP contribution in [0.5, 0.6) is 0 Å². The molecule has 0 spiro atoms. The zero-order valence-corrected chi connectivity index (χ0v) is 17.1. The van der Waals surface area contributed by atoms with E-state index in [1.54, 1.807) is 18.2 Å². The van der Waals surface area contributed by atoms with Crippen LogP contribution in [0, 0.1) is 15.9 Å². The van der Waals surface area contributed by atoms with Gasteiger partial charge in [-0.05, 0) is 18.2 Å². The lowest BCUT2D eigenvalue weighted by Crippen LogP contribution is -2.26. The molecule has 0 saturated heterocycles. The molecule has 0 aromatic heterocycles. The first-order chi connectivity index (χ1) is 14.8. The number of carbonyl (C=O) groups excluding carboxylic acids is 2. The summed E-state index contributed by atoms with van der Waals surface area (Å²) in [5.41, 5.74) is -0.397. The summed E-state index contributed by atoms with van der Waals surface area (Å²) in [4.78, 5) is 35.7. The predicted molar refractivity (Wildman–Crippen MR) is 113 cm³/mol. The minimum Gasteiger partial charge on any atom is -0.444 e. The minimum absolute atomic E-state index is 0.0678. The van der Waals surface area contributed by atoms with Crippen LogP contribution in [0.2, 0.25) is 10.0 Å². The van der Waals surface area contributed by atoms with E-state index in [-0.39, 0.29) is 21.4 Å². The van der Waals surface area contributed by atoms with Crippen molar-refractivity contribution in [1.29, 1.82) is 0 Å². The number of nitrogens with one attached hydrogen (secondary N) is 1. The first-order valence-electron chi connectivity index (χ1n) is 8.72. The molecule has 0 saturated carbocycles. The summed E-state index contributed by atoms with van der Waals surface area (Å²) in [5.74, 6) is -2.84. The van der Waals surface area contributed by atoms with E-state index in [1.165, 1.54) is 30.3 Å². The number of nitrogens with zero attached hydrogens (tertiary/aromatic N) is 1. The van der Waals surface area contributed by atoms with E-state index in [9.17, 15) is 24.1 Å². The molecule has 0 aliphatic heterocycles. The van der Waals surface area contributed by atoms with Crippen LogP contribution in [0.3, 0.4) is 0 Å². The molecule has 1 N–H and O–H groups in total. The van der Waals surface area contributed by atoms with Crippen molar-refractivity contribution in [2.45, 2.75) is 6.10 Å². The Labute approximate surface area is 185 Å². The minimum atomic E-state index is -1.48.